The van der Waals surface area contributed by atoms with E-state index in [0.717, 1.165) is 27.3 Å². The third-order valence-electron chi connectivity index (χ3n) is 3.19. The molecule has 0 aliphatic rings. The van der Waals surface area contributed by atoms with Crippen LogP contribution < -0.4 is 10.5 Å². The average Bonchev–Trinajstić information content (AvgIpc) is 3.03. The second-order valence-electron chi connectivity index (χ2n) is 4.56. The van der Waals surface area contributed by atoms with Crippen LogP contribution in [-0.4, -0.2) is 12.3 Å². The number of nitrogens with two attached hydrogens (primary N) is 1. The van der Waals surface area contributed by atoms with Crippen molar-refractivity contribution in [1.82, 2.24) is 5.16 Å². The quantitative estimate of drug-likeness (QED) is 0.764. The van der Waals surface area contributed by atoms with E-state index in [9.17, 15) is 0 Å². The molecular formula is C15H13ClN2O2S. The first-order chi connectivity index (χ1) is 10.1. The predicted octanol–water partition coefficient (Wildman–Crippen LogP) is 4.62. The van der Waals surface area contributed by atoms with Crippen molar-refractivity contribution in [2.24, 2.45) is 0 Å². The largest absolute Gasteiger partial charge is 0.497 e. The fourth-order valence-corrected chi connectivity index (χ4v) is 3.38. The summed E-state index contributed by atoms with van der Waals surface area (Å²) < 4.78 is 10.4. The van der Waals surface area contributed by atoms with Gasteiger partial charge in [-0.25, -0.2) is 0 Å². The molecule has 0 aliphatic heterocycles. The molecule has 1 aromatic carbocycles. The van der Waals surface area contributed by atoms with E-state index in [2.05, 4.69) is 5.16 Å². The van der Waals surface area contributed by atoms with Crippen molar-refractivity contribution in [2.75, 3.05) is 12.8 Å². The number of halogens is 1. The number of nitrogen functional groups attached to an aromatic ring is 1. The SMILES string of the molecule is COc1cccc(-c2c(-c3scc(C)c3Cl)noc2N)c1. The zero-order valence-corrected chi connectivity index (χ0v) is 13.1. The number of aryl methyl sites for hydroxylation is 1. The first-order valence-corrected chi connectivity index (χ1v) is 7.51. The fraction of sp³-hybridized carbons (Fsp3) is 0.133. The Labute approximate surface area is 131 Å². The van der Waals surface area contributed by atoms with E-state index in [1.54, 1.807) is 7.11 Å². The molecule has 0 spiro atoms. The molecule has 2 heterocycles. The van der Waals surface area contributed by atoms with Crippen LogP contribution in [0.3, 0.4) is 0 Å². The van der Waals surface area contributed by atoms with Crippen molar-refractivity contribution < 1.29 is 9.26 Å². The normalized spacial score (nSPS) is 10.8. The summed E-state index contributed by atoms with van der Waals surface area (Å²) in [4.78, 5) is 0.854. The second-order valence-corrected chi connectivity index (χ2v) is 5.82. The van der Waals surface area contributed by atoms with Crippen LogP contribution in [-0.2, 0) is 0 Å². The molecule has 0 fully saturated rings. The van der Waals surface area contributed by atoms with Crippen LogP contribution in [0.5, 0.6) is 5.75 Å². The lowest BCUT2D eigenvalue weighted by atomic mass is 10.0. The predicted molar refractivity (Wildman–Crippen MR) is 86.0 cm³/mol. The third-order valence-corrected chi connectivity index (χ3v) is 4.89. The Balaban J connectivity index is 2.19. The highest BCUT2D eigenvalue weighted by molar-refractivity contribution is 7.14. The first kappa shape index (κ1) is 14.0. The minimum atomic E-state index is 0.264. The Morgan fingerprint density at radius 3 is 2.86 bits per heavy atom. The molecule has 108 valence electrons. The van der Waals surface area contributed by atoms with Crippen LogP contribution in [0.15, 0.2) is 34.2 Å². The molecule has 0 atom stereocenters. The Bertz CT molecular complexity index is 795. The van der Waals surface area contributed by atoms with Gasteiger partial charge in [0.25, 0.3) is 0 Å². The summed E-state index contributed by atoms with van der Waals surface area (Å²) in [6, 6.07) is 7.59. The summed E-state index contributed by atoms with van der Waals surface area (Å²) >= 11 is 7.85. The van der Waals surface area contributed by atoms with Gasteiger partial charge in [-0.15, -0.1) is 11.3 Å². The lowest BCUT2D eigenvalue weighted by Crippen LogP contribution is -1.89. The van der Waals surface area contributed by atoms with Gasteiger partial charge in [0.05, 0.1) is 22.6 Å². The van der Waals surface area contributed by atoms with E-state index in [0.29, 0.717) is 10.7 Å². The number of hydrogen-bond donors (Lipinski definition) is 1. The summed E-state index contributed by atoms with van der Waals surface area (Å²) in [5.74, 6) is 1.01. The highest BCUT2D eigenvalue weighted by atomic mass is 35.5. The zero-order chi connectivity index (χ0) is 15.0. The maximum Gasteiger partial charge on any atom is 0.230 e. The average molecular weight is 321 g/mol. The number of ether oxygens (including phenoxy) is 1. The molecule has 0 bridgehead atoms. The van der Waals surface area contributed by atoms with E-state index in [-0.39, 0.29) is 5.88 Å². The summed E-state index contributed by atoms with van der Waals surface area (Å²) in [6.45, 7) is 1.96. The number of nitrogens with zero attached hydrogens (tertiary/aromatic N) is 1. The van der Waals surface area contributed by atoms with Gasteiger partial charge in [-0.3, -0.25) is 0 Å². The number of hydrogen-bond acceptors (Lipinski definition) is 5. The molecule has 3 aromatic rings. The van der Waals surface area contributed by atoms with Crippen molar-refractivity contribution in [1.29, 1.82) is 0 Å². The molecule has 6 heteroatoms. The van der Waals surface area contributed by atoms with Gasteiger partial charge in [0.15, 0.2) is 0 Å². The van der Waals surface area contributed by atoms with Crippen LogP contribution >= 0.6 is 22.9 Å². The molecule has 0 amide bonds. The Kier molecular flexibility index (Phi) is 3.61. The van der Waals surface area contributed by atoms with Crippen LogP contribution in [0.1, 0.15) is 5.56 Å². The standard InChI is InChI=1S/C15H13ClN2O2S/c1-8-7-21-14(12(8)16)13-11(15(17)20-18-13)9-4-3-5-10(6-9)19-2/h3-7H,17H2,1-2H3. The lowest BCUT2D eigenvalue weighted by molar-refractivity contribution is 0.415. The smallest absolute Gasteiger partial charge is 0.230 e. The molecule has 2 N–H and O–H groups in total. The highest BCUT2D eigenvalue weighted by Crippen LogP contribution is 2.43. The lowest BCUT2D eigenvalue weighted by Gasteiger charge is -2.05. The minimum absolute atomic E-state index is 0.264. The van der Waals surface area contributed by atoms with Gasteiger partial charge in [-0.1, -0.05) is 28.9 Å². The van der Waals surface area contributed by atoms with Crippen LogP contribution in [0.2, 0.25) is 5.02 Å². The van der Waals surface area contributed by atoms with Crippen molar-refractivity contribution in [2.45, 2.75) is 6.92 Å². The van der Waals surface area contributed by atoms with Gasteiger partial charge in [0.1, 0.15) is 11.4 Å². The molecule has 3 rings (SSSR count). The van der Waals surface area contributed by atoms with E-state index < -0.39 is 0 Å². The van der Waals surface area contributed by atoms with E-state index >= 15 is 0 Å². The van der Waals surface area contributed by atoms with Crippen LogP contribution in [0.25, 0.3) is 21.7 Å². The molecule has 0 saturated heterocycles. The van der Waals surface area contributed by atoms with Crippen LogP contribution in [0, 0.1) is 6.92 Å². The summed E-state index contributed by atoms with van der Waals surface area (Å²) in [5.41, 5.74) is 9.23. The van der Waals surface area contributed by atoms with E-state index in [4.69, 9.17) is 26.6 Å². The number of benzene rings is 1. The van der Waals surface area contributed by atoms with E-state index in [1.165, 1.54) is 11.3 Å². The molecule has 0 radical (unpaired) electrons. The van der Waals surface area contributed by atoms with Crippen molar-refractivity contribution in [3.05, 3.63) is 40.2 Å². The Hall–Kier alpha value is -1.98. The van der Waals surface area contributed by atoms with Crippen molar-refractivity contribution in [3.63, 3.8) is 0 Å². The monoisotopic (exact) mass is 320 g/mol. The molecule has 2 aromatic heterocycles. The highest BCUT2D eigenvalue weighted by Gasteiger charge is 2.21. The Morgan fingerprint density at radius 2 is 2.19 bits per heavy atom. The van der Waals surface area contributed by atoms with Gasteiger partial charge >= 0.3 is 0 Å². The fourth-order valence-electron chi connectivity index (χ4n) is 2.10. The maximum absolute atomic E-state index is 6.33. The molecule has 0 unspecified atom stereocenters. The number of aromatic nitrogens is 1. The molecule has 4 nitrogen and oxygen atoms in total. The third kappa shape index (κ3) is 2.39. The Morgan fingerprint density at radius 1 is 1.38 bits per heavy atom. The van der Waals surface area contributed by atoms with Gasteiger partial charge in [0.2, 0.25) is 5.88 Å². The molecule has 0 aliphatic carbocycles. The number of thiophene rings is 1. The van der Waals surface area contributed by atoms with Gasteiger partial charge < -0.3 is 15.0 Å². The van der Waals surface area contributed by atoms with Gasteiger partial charge in [-0.2, -0.15) is 0 Å². The van der Waals surface area contributed by atoms with Crippen LogP contribution in [0.4, 0.5) is 5.88 Å². The summed E-state index contributed by atoms with van der Waals surface area (Å²) in [6.07, 6.45) is 0. The number of anilines is 1. The van der Waals surface area contributed by atoms with Gasteiger partial charge in [0, 0.05) is 0 Å². The topological polar surface area (TPSA) is 61.3 Å². The summed E-state index contributed by atoms with van der Waals surface area (Å²) in [5, 5.41) is 6.74. The first-order valence-electron chi connectivity index (χ1n) is 6.25. The van der Waals surface area contributed by atoms with Gasteiger partial charge in [-0.05, 0) is 35.6 Å². The maximum atomic E-state index is 6.33. The van der Waals surface area contributed by atoms with Crippen molar-refractivity contribution >= 4 is 28.8 Å². The molecular weight excluding hydrogens is 308 g/mol. The molecule has 0 saturated carbocycles. The second kappa shape index (κ2) is 5.42. The van der Waals surface area contributed by atoms with Crippen molar-refractivity contribution in [3.8, 4) is 27.4 Å². The number of methoxy groups -OCH3 is 1. The zero-order valence-electron chi connectivity index (χ0n) is 11.5. The molecule has 21 heavy (non-hydrogen) atoms. The summed E-state index contributed by atoms with van der Waals surface area (Å²) in [7, 11) is 1.62. The van der Waals surface area contributed by atoms with E-state index in [1.807, 2.05) is 36.6 Å². The minimum Gasteiger partial charge on any atom is -0.497 e. The number of rotatable bonds is 3.